The van der Waals surface area contributed by atoms with Crippen molar-refractivity contribution in [1.29, 1.82) is 0 Å². The summed E-state index contributed by atoms with van der Waals surface area (Å²) in [6.45, 7) is 2.85. The highest BCUT2D eigenvalue weighted by Crippen LogP contribution is 2.22. The van der Waals surface area contributed by atoms with Crippen LogP contribution in [0, 0.1) is 0 Å². The summed E-state index contributed by atoms with van der Waals surface area (Å²) in [5.41, 5.74) is -1.06. The number of aliphatic carboxylic acids is 2. The van der Waals surface area contributed by atoms with Gasteiger partial charge in [-0.3, -0.25) is 0 Å². The maximum atomic E-state index is 11.6. The number of hydrogen-bond acceptors (Lipinski definition) is 6. The monoisotopic (exact) mass is 354 g/mol. The van der Waals surface area contributed by atoms with E-state index in [1.807, 2.05) is 0 Å². The molecule has 0 aliphatic heterocycles. The van der Waals surface area contributed by atoms with Crippen LogP contribution in [-0.4, -0.2) is 24.1 Å². The number of rotatable bonds is 8. The highest BCUT2D eigenvalue weighted by atomic mass is 16.5. The Balaban J connectivity index is 2.36. The van der Waals surface area contributed by atoms with Crippen LogP contribution in [0.3, 0.4) is 0 Å². The van der Waals surface area contributed by atoms with Gasteiger partial charge >= 0.3 is 0 Å². The summed E-state index contributed by atoms with van der Waals surface area (Å²) in [5.74, 6) is -2.52. The normalized spacial score (nSPS) is 13.9. The lowest BCUT2D eigenvalue weighted by Crippen LogP contribution is -2.41. The Hall–Kier alpha value is -3.28. The largest absolute Gasteiger partial charge is 0.545 e. The number of para-hydroxylation sites is 2. The number of hydrogen-bond donors (Lipinski definition) is 0. The van der Waals surface area contributed by atoms with Crippen molar-refractivity contribution in [2.24, 2.45) is 0 Å². The van der Waals surface area contributed by atoms with Crippen LogP contribution in [0.2, 0.25) is 0 Å². The summed E-state index contributed by atoms with van der Waals surface area (Å²) in [6, 6.07) is 16.9. The predicted molar refractivity (Wildman–Crippen MR) is 90.1 cm³/mol. The lowest BCUT2D eigenvalue weighted by atomic mass is 9.99. The molecule has 0 saturated carbocycles. The van der Waals surface area contributed by atoms with Gasteiger partial charge in [-0.1, -0.05) is 36.4 Å². The highest BCUT2D eigenvalue weighted by Gasteiger charge is 2.23. The topological polar surface area (TPSA) is 98.7 Å². The first kappa shape index (κ1) is 19.1. The van der Waals surface area contributed by atoms with Crippen molar-refractivity contribution in [3.05, 3.63) is 71.8 Å². The molecule has 6 heteroatoms. The van der Waals surface area contributed by atoms with E-state index in [4.69, 9.17) is 9.47 Å². The van der Waals surface area contributed by atoms with Crippen molar-refractivity contribution in [2.75, 3.05) is 0 Å². The van der Waals surface area contributed by atoms with E-state index in [0.29, 0.717) is 11.5 Å². The maximum absolute atomic E-state index is 11.6. The summed E-state index contributed by atoms with van der Waals surface area (Å²) in [7, 11) is 0. The molecule has 2 aromatic rings. The SMILES string of the molecule is CC(Oc1ccccc1)/C(C(=O)[O-])=C(\C(=O)[O-])C(C)Oc1ccccc1. The van der Waals surface area contributed by atoms with Crippen molar-refractivity contribution < 1.29 is 29.3 Å². The number of carboxylic acid groups (broad SMARTS) is 2. The van der Waals surface area contributed by atoms with Crippen molar-refractivity contribution in [3.8, 4) is 11.5 Å². The summed E-state index contributed by atoms with van der Waals surface area (Å²) >= 11 is 0. The summed E-state index contributed by atoms with van der Waals surface area (Å²) in [6.07, 6.45) is -2.17. The van der Waals surface area contributed by atoms with E-state index in [0.717, 1.165) is 0 Å². The van der Waals surface area contributed by atoms with Gasteiger partial charge < -0.3 is 29.3 Å². The Morgan fingerprint density at radius 1 is 0.692 bits per heavy atom. The molecule has 0 aromatic heterocycles. The van der Waals surface area contributed by atoms with Crippen molar-refractivity contribution in [1.82, 2.24) is 0 Å². The van der Waals surface area contributed by atoms with Gasteiger partial charge in [0.1, 0.15) is 23.7 Å². The van der Waals surface area contributed by atoms with Crippen LogP contribution in [-0.2, 0) is 9.59 Å². The molecule has 6 nitrogen and oxygen atoms in total. The van der Waals surface area contributed by atoms with Crippen LogP contribution in [0.1, 0.15) is 13.8 Å². The van der Waals surface area contributed by atoms with E-state index in [1.54, 1.807) is 60.7 Å². The second kappa shape index (κ2) is 8.71. The standard InChI is InChI=1S/C20H20O6/c1-13(25-15-9-5-3-6-10-15)17(19(21)22)18(20(23)24)14(2)26-16-11-7-4-8-12-16/h3-14H,1-2H3,(H,21,22)(H,23,24)/p-2/b18-17+. The molecule has 0 bridgehead atoms. The number of carboxylic acids is 2. The van der Waals surface area contributed by atoms with Crippen LogP contribution < -0.4 is 19.7 Å². The van der Waals surface area contributed by atoms with Gasteiger partial charge in [0, 0.05) is 11.1 Å². The molecular formula is C20H18O6-2. The van der Waals surface area contributed by atoms with Crippen LogP contribution in [0.4, 0.5) is 0 Å². The fourth-order valence-electron chi connectivity index (χ4n) is 2.51. The molecule has 0 aliphatic rings. The summed E-state index contributed by atoms with van der Waals surface area (Å²) in [4.78, 5) is 23.3. The molecule has 0 fully saturated rings. The van der Waals surface area contributed by atoms with Crippen molar-refractivity contribution >= 4 is 11.9 Å². The van der Waals surface area contributed by atoms with Gasteiger partial charge in [0.25, 0.3) is 0 Å². The summed E-state index contributed by atoms with van der Waals surface area (Å²) < 4.78 is 11.1. The van der Waals surface area contributed by atoms with E-state index in [9.17, 15) is 19.8 Å². The molecule has 0 saturated heterocycles. The third-order valence-electron chi connectivity index (χ3n) is 3.66. The molecule has 0 amide bonds. The van der Waals surface area contributed by atoms with E-state index in [2.05, 4.69) is 0 Å². The Morgan fingerprint density at radius 2 is 1.00 bits per heavy atom. The third kappa shape index (κ3) is 4.86. The first-order chi connectivity index (χ1) is 12.4. The molecule has 2 aromatic carbocycles. The quantitative estimate of drug-likeness (QED) is 0.648. The molecule has 0 heterocycles. The minimum Gasteiger partial charge on any atom is -0.545 e. The summed E-state index contributed by atoms with van der Waals surface area (Å²) in [5, 5.41) is 23.3. The molecule has 0 aliphatic carbocycles. The average molecular weight is 354 g/mol. The minimum absolute atomic E-state index is 0.396. The molecule has 0 spiro atoms. The first-order valence-electron chi connectivity index (χ1n) is 8.00. The van der Waals surface area contributed by atoms with Gasteiger partial charge in [0.05, 0.1) is 11.9 Å². The lowest BCUT2D eigenvalue weighted by molar-refractivity contribution is -0.305. The fourth-order valence-corrected chi connectivity index (χ4v) is 2.51. The zero-order valence-corrected chi connectivity index (χ0v) is 14.4. The van der Waals surface area contributed by atoms with E-state index >= 15 is 0 Å². The zero-order chi connectivity index (χ0) is 19.1. The number of benzene rings is 2. The molecule has 26 heavy (non-hydrogen) atoms. The average Bonchev–Trinajstić information content (AvgIpc) is 2.60. The third-order valence-corrected chi connectivity index (χ3v) is 3.66. The van der Waals surface area contributed by atoms with Gasteiger partial charge in [-0.05, 0) is 38.1 Å². The Labute approximate surface area is 151 Å². The lowest BCUT2D eigenvalue weighted by Gasteiger charge is -2.27. The minimum atomic E-state index is -1.66. The Bertz CT molecular complexity index is 715. The molecule has 2 atom stereocenters. The van der Waals surface area contributed by atoms with Crippen LogP contribution in [0.5, 0.6) is 11.5 Å². The van der Waals surface area contributed by atoms with E-state index < -0.39 is 35.3 Å². The molecule has 2 unspecified atom stereocenters. The fraction of sp³-hybridized carbons (Fsp3) is 0.200. The predicted octanol–water partition coefficient (Wildman–Crippen LogP) is 0.718. The Morgan fingerprint density at radius 3 is 1.27 bits per heavy atom. The van der Waals surface area contributed by atoms with E-state index in [1.165, 1.54) is 13.8 Å². The highest BCUT2D eigenvalue weighted by molar-refractivity contribution is 5.98. The van der Waals surface area contributed by atoms with Crippen LogP contribution in [0.25, 0.3) is 0 Å². The number of carbonyl (C=O) groups excluding carboxylic acids is 2. The smallest absolute Gasteiger partial charge is 0.123 e. The van der Waals surface area contributed by atoms with E-state index in [-0.39, 0.29) is 0 Å². The molecule has 0 N–H and O–H groups in total. The molecule has 136 valence electrons. The van der Waals surface area contributed by atoms with Crippen LogP contribution >= 0.6 is 0 Å². The van der Waals surface area contributed by atoms with Gasteiger partial charge in [-0.25, -0.2) is 0 Å². The molecular weight excluding hydrogens is 336 g/mol. The Kier molecular flexibility index (Phi) is 6.38. The van der Waals surface area contributed by atoms with Gasteiger partial charge in [-0.15, -0.1) is 0 Å². The number of carbonyl (C=O) groups is 2. The first-order valence-corrected chi connectivity index (χ1v) is 8.00. The molecule has 0 radical (unpaired) electrons. The van der Waals surface area contributed by atoms with Gasteiger partial charge in [0.15, 0.2) is 0 Å². The van der Waals surface area contributed by atoms with Gasteiger partial charge in [0.2, 0.25) is 0 Å². The maximum Gasteiger partial charge on any atom is 0.123 e. The second-order valence-electron chi connectivity index (χ2n) is 5.55. The van der Waals surface area contributed by atoms with Crippen molar-refractivity contribution in [3.63, 3.8) is 0 Å². The van der Waals surface area contributed by atoms with Gasteiger partial charge in [-0.2, -0.15) is 0 Å². The zero-order valence-electron chi connectivity index (χ0n) is 14.4. The molecule has 2 rings (SSSR count). The van der Waals surface area contributed by atoms with Crippen LogP contribution in [0.15, 0.2) is 71.8 Å². The van der Waals surface area contributed by atoms with Crippen molar-refractivity contribution in [2.45, 2.75) is 26.1 Å². The second-order valence-corrected chi connectivity index (χ2v) is 5.55. The number of ether oxygens (including phenoxy) is 2.